The van der Waals surface area contributed by atoms with Gasteiger partial charge in [0.25, 0.3) is 0 Å². The molecule has 0 aliphatic carbocycles. The van der Waals surface area contributed by atoms with Gasteiger partial charge in [0.05, 0.1) is 6.34 Å². The van der Waals surface area contributed by atoms with Crippen LogP contribution in [0.15, 0.2) is 11.9 Å². The van der Waals surface area contributed by atoms with Crippen molar-refractivity contribution in [2.24, 2.45) is 0 Å². The largest absolute Gasteiger partial charge is 0.277 e. The molecule has 0 aromatic heterocycles. The summed E-state index contributed by atoms with van der Waals surface area (Å²) in [7, 11) is 4.05. The molecule has 2 unspecified atom stereocenters. The van der Waals surface area contributed by atoms with Crippen molar-refractivity contribution in [1.82, 2.24) is 9.76 Å². The SMILES string of the molecule is CCC1C=CP(=S)(NC)N1C. The number of rotatable bonds is 2. The predicted molar refractivity (Wildman–Crippen MR) is 54.3 cm³/mol. The molecule has 2 atom stereocenters. The summed E-state index contributed by atoms with van der Waals surface area (Å²) < 4.78 is 2.28. The van der Waals surface area contributed by atoms with E-state index in [4.69, 9.17) is 11.8 Å². The summed E-state index contributed by atoms with van der Waals surface area (Å²) in [4.78, 5) is 0. The Bertz CT molecular complexity index is 214. The van der Waals surface area contributed by atoms with E-state index in [1.165, 1.54) is 0 Å². The summed E-state index contributed by atoms with van der Waals surface area (Å²) in [5.74, 6) is 2.16. The highest BCUT2D eigenvalue weighted by atomic mass is 32.4. The number of hydrogen-bond donors (Lipinski definition) is 1. The van der Waals surface area contributed by atoms with Crippen LogP contribution in [0.1, 0.15) is 13.3 Å². The van der Waals surface area contributed by atoms with Gasteiger partial charge in [-0.2, -0.15) is 0 Å². The summed E-state index contributed by atoms with van der Waals surface area (Å²) in [6, 6.07) is 0.549. The van der Waals surface area contributed by atoms with Crippen LogP contribution in [0, 0.1) is 0 Å². The molecule has 0 spiro atoms. The molecule has 0 fully saturated rings. The van der Waals surface area contributed by atoms with E-state index in [1.807, 2.05) is 7.05 Å². The fourth-order valence-corrected chi connectivity index (χ4v) is 3.66. The highest BCUT2D eigenvalue weighted by molar-refractivity contribution is 8.14. The number of hydrogen-bond acceptors (Lipinski definition) is 1. The normalized spacial score (nSPS) is 38.3. The smallest absolute Gasteiger partial charge is 0.0966 e. The molecule has 0 amide bonds. The molecule has 2 nitrogen and oxygen atoms in total. The quantitative estimate of drug-likeness (QED) is 0.668. The van der Waals surface area contributed by atoms with E-state index in [1.54, 1.807) is 0 Å². The lowest BCUT2D eigenvalue weighted by Crippen LogP contribution is -2.25. The van der Waals surface area contributed by atoms with Gasteiger partial charge < -0.3 is 0 Å². The van der Waals surface area contributed by atoms with Crippen LogP contribution in [-0.2, 0) is 11.8 Å². The van der Waals surface area contributed by atoms with Crippen molar-refractivity contribution in [3.63, 3.8) is 0 Å². The van der Waals surface area contributed by atoms with Gasteiger partial charge >= 0.3 is 0 Å². The van der Waals surface area contributed by atoms with Gasteiger partial charge in [0.15, 0.2) is 0 Å². The maximum atomic E-state index is 5.47. The molecule has 1 aliphatic heterocycles. The lowest BCUT2D eigenvalue weighted by atomic mass is 10.2. The van der Waals surface area contributed by atoms with Crippen molar-refractivity contribution in [3.8, 4) is 0 Å². The Morgan fingerprint density at radius 2 is 2.36 bits per heavy atom. The molecule has 64 valence electrons. The highest BCUT2D eigenvalue weighted by Crippen LogP contribution is 2.51. The Kier molecular flexibility index (Phi) is 2.87. The molecule has 4 heteroatoms. The average molecular weight is 190 g/mol. The summed E-state index contributed by atoms with van der Waals surface area (Å²) >= 11 is 5.47. The topological polar surface area (TPSA) is 15.3 Å². The van der Waals surface area contributed by atoms with Gasteiger partial charge in [-0.25, -0.2) is 0 Å². The first kappa shape index (κ1) is 9.40. The van der Waals surface area contributed by atoms with Crippen LogP contribution >= 0.6 is 6.34 Å². The third-order valence-electron chi connectivity index (χ3n) is 2.20. The van der Waals surface area contributed by atoms with Gasteiger partial charge in [0.2, 0.25) is 0 Å². The Balaban J connectivity index is 2.79. The molecule has 1 heterocycles. The van der Waals surface area contributed by atoms with Crippen molar-refractivity contribution >= 4 is 18.1 Å². The number of nitrogens with zero attached hydrogens (tertiary/aromatic N) is 1. The Morgan fingerprint density at radius 1 is 1.73 bits per heavy atom. The second-order valence-corrected chi connectivity index (χ2v) is 7.03. The van der Waals surface area contributed by atoms with Crippen molar-refractivity contribution < 1.29 is 0 Å². The monoisotopic (exact) mass is 190 g/mol. The van der Waals surface area contributed by atoms with Gasteiger partial charge in [-0.05, 0) is 26.3 Å². The molecule has 1 N–H and O–H groups in total. The second kappa shape index (κ2) is 3.36. The summed E-state index contributed by atoms with van der Waals surface area (Å²) in [6.45, 7) is 2.19. The first-order chi connectivity index (χ1) is 5.14. The first-order valence-corrected chi connectivity index (χ1v) is 6.68. The molecular formula is C7H15N2PS. The number of likely N-dealkylation sites (N-methyl/N-ethyl adjacent to an activating group) is 1. The van der Waals surface area contributed by atoms with Crippen LogP contribution in [0.4, 0.5) is 0 Å². The summed E-state index contributed by atoms with van der Waals surface area (Å²) in [5, 5.41) is 3.22. The molecule has 0 bridgehead atoms. The van der Waals surface area contributed by atoms with Crippen molar-refractivity contribution in [2.75, 3.05) is 14.1 Å². The zero-order valence-electron chi connectivity index (χ0n) is 7.24. The fourth-order valence-electron chi connectivity index (χ4n) is 1.30. The minimum absolute atomic E-state index is 0.549. The Morgan fingerprint density at radius 3 is 2.64 bits per heavy atom. The minimum Gasteiger partial charge on any atom is -0.277 e. The minimum atomic E-state index is -1.48. The molecule has 0 saturated heterocycles. The lowest BCUT2D eigenvalue weighted by molar-refractivity contribution is 0.459. The van der Waals surface area contributed by atoms with Crippen LogP contribution in [0.3, 0.4) is 0 Å². The van der Waals surface area contributed by atoms with E-state index in [-0.39, 0.29) is 0 Å². The summed E-state index contributed by atoms with van der Waals surface area (Å²) in [6.07, 6.45) is 1.89. The van der Waals surface area contributed by atoms with E-state index in [9.17, 15) is 0 Å². The molecule has 0 radical (unpaired) electrons. The van der Waals surface area contributed by atoms with Gasteiger partial charge in [0.1, 0.15) is 0 Å². The third kappa shape index (κ3) is 1.57. The van der Waals surface area contributed by atoms with E-state index < -0.39 is 6.34 Å². The molecular weight excluding hydrogens is 175 g/mol. The van der Waals surface area contributed by atoms with E-state index in [2.05, 4.69) is 35.6 Å². The summed E-state index contributed by atoms with van der Waals surface area (Å²) in [5.41, 5.74) is 0. The highest BCUT2D eigenvalue weighted by Gasteiger charge is 2.27. The van der Waals surface area contributed by atoms with Gasteiger partial charge in [0, 0.05) is 6.04 Å². The second-order valence-electron chi connectivity index (χ2n) is 2.74. The number of nitrogens with one attached hydrogen (secondary N) is 1. The molecule has 0 saturated carbocycles. The zero-order valence-corrected chi connectivity index (χ0v) is 8.95. The van der Waals surface area contributed by atoms with Crippen LogP contribution in [-0.4, -0.2) is 24.8 Å². The standard InChI is InChI=1S/C7H15N2PS/c1-4-7-5-6-10(11,8-2)9(7)3/h5-7H,4H2,1-3H3,(H,8,11). The van der Waals surface area contributed by atoms with Crippen LogP contribution in [0.5, 0.6) is 0 Å². The average Bonchev–Trinajstić information content (AvgIpc) is 2.31. The molecule has 0 aromatic carbocycles. The fraction of sp³-hybridized carbons (Fsp3) is 0.714. The van der Waals surface area contributed by atoms with Gasteiger partial charge in [-0.15, -0.1) is 0 Å². The zero-order chi connectivity index (χ0) is 8.48. The lowest BCUT2D eigenvalue weighted by Gasteiger charge is -2.27. The molecule has 1 rings (SSSR count). The van der Waals surface area contributed by atoms with E-state index in [0.717, 1.165) is 6.42 Å². The molecule has 1 aliphatic rings. The molecule has 0 aromatic rings. The van der Waals surface area contributed by atoms with Crippen molar-refractivity contribution in [1.29, 1.82) is 0 Å². The maximum Gasteiger partial charge on any atom is 0.0966 e. The third-order valence-corrected chi connectivity index (χ3v) is 6.33. The van der Waals surface area contributed by atoms with Crippen LogP contribution in [0.2, 0.25) is 0 Å². The maximum absolute atomic E-state index is 5.47. The van der Waals surface area contributed by atoms with Crippen LogP contribution in [0.25, 0.3) is 0 Å². The Labute approximate surface area is 73.8 Å². The van der Waals surface area contributed by atoms with E-state index >= 15 is 0 Å². The van der Waals surface area contributed by atoms with Crippen LogP contribution < -0.4 is 5.09 Å². The van der Waals surface area contributed by atoms with Gasteiger partial charge in [-0.1, -0.05) is 24.8 Å². The Hall–Kier alpha value is 0.310. The predicted octanol–water partition coefficient (Wildman–Crippen LogP) is 1.75. The first-order valence-electron chi connectivity index (χ1n) is 3.85. The van der Waals surface area contributed by atoms with Crippen molar-refractivity contribution in [2.45, 2.75) is 19.4 Å². The van der Waals surface area contributed by atoms with Crippen molar-refractivity contribution in [3.05, 3.63) is 11.9 Å². The molecule has 11 heavy (non-hydrogen) atoms. The van der Waals surface area contributed by atoms with Gasteiger partial charge in [-0.3, -0.25) is 9.76 Å². The van der Waals surface area contributed by atoms with E-state index in [0.29, 0.717) is 6.04 Å².